The fraction of sp³-hybridized carbons (Fsp3) is 0.235. The molecule has 0 saturated carbocycles. The molecule has 0 aliphatic heterocycles. The molecule has 0 spiro atoms. The average Bonchev–Trinajstić information content (AvgIpc) is 3.14. The predicted molar refractivity (Wildman–Crippen MR) is 96.1 cm³/mol. The van der Waals surface area contributed by atoms with E-state index >= 15 is 0 Å². The van der Waals surface area contributed by atoms with Gasteiger partial charge < -0.3 is 5.32 Å². The van der Waals surface area contributed by atoms with Crippen LogP contribution in [0.3, 0.4) is 0 Å². The lowest BCUT2D eigenvalue weighted by molar-refractivity contribution is 0.102. The fourth-order valence-electron chi connectivity index (χ4n) is 2.51. The van der Waals surface area contributed by atoms with E-state index in [1.54, 1.807) is 18.5 Å². The highest BCUT2D eigenvalue weighted by molar-refractivity contribution is 9.10. The van der Waals surface area contributed by atoms with Crippen LogP contribution in [0.15, 0.2) is 47.3 Å². The number of benzene rings is 1. The molecule has 3 aromatic rings. The van der Waals surface area contributed by atoms with Crippen LogP contribution >= 0.6 is 15.9 Å². The minimum atomic E-state index is -0.141. The van der Waals surface area contributed by atoms with Crippen molar-refractivity contribution in [2.75, 3.05) is 5.32 Å². The van der Waals surface area contributed by atoms with Crippen molar-refractivity contribution in [3.05, 3.63) is 64.1 Å². The molecule has 7 heteroatoms. The van der Waals surface area contributed by atoms with Crippen molar-refractivity contribution in [3.8, 4) is 0 Å². The van der Waals surface area contributed by atoms with Gasteiger partial charge in [-0.2, -0.15) is 10.2 Å². The third-order valence-corrected chi connectivity index (χ3v) is 4.20. The molecule has 0 bridgehead atoms. The van der Waals surface area contributed by atoms with E-state index < -0.39 is 0 Å². The van der Waals surface area contributed by atoms with Gasteiger partial charge in [0.1, 0.15) is 0 Å². The van der Waals surface area contributed by atoms with Crippen molar-refractivity contribution in [2.45, 2.75) is 26.9 Å². The zero-order valence-corrected chi connectivity index (χ0v) is 15.1. The van der Waals surface area contributed by atoms with Crippen LogP contribution in [0.2, 0.25) is 0 Å². The molecule has 24 heavy (non-hydrogen) atoms. The van der Waals surface area contributed by atoms with Crippen LogP contribution in [-0.4, -0.2) is 25.5 Å². The zero-order chi connectivity index (χ0) is 17.1. The van der Waals surface area contributed by atoms with E-state index in [9.17, 15) is 4.79 Å². The molecule has 0 aliphatic rings. The predicted octanol–water partition coefficient (Wildman–Crippen LogP) is 3.47. The summed E-state index contributed by atoms with van der Waals surface area (Å²) in [5.74, 6) is -0.141. The highest BCUT2D eigenvalue weighted by atomic mass is 79.9. The normalized spacial score (nSPS) is 10.8. The maximum atomic E-state index is 12.5. The van der Waals surface area contributed by atoms with Crippen molar-refractivity contribution in [3.63, 3.8) is 0 Å². The van der Waals surface area contributed by atoms with Crippen LogP contribution in [0.25, 0.3) is 0 Å². The highest BCUT2D eigenvalue weighted by Crippen LogP contribution is 2.16. The topological polar surface area (TPSA) is 64.7 Å². The lowest BCUT2D eigenvalue weighted by atomic mass is 10.1. The SMILES string of the molecule is CCn1ncc(NC(=O)c2cccc(Cn3cc(Br)cn3)c2)c1C. The molecule has 0 radical (unpaired) electrons. The monoisotopic (exact) mass is 387 g/mol. The Kier molecular flexibility index (Phi) is 4.80. The Hall–Kier alpha value is -2.41. The molecule has 0 fully saturated rings. The van der Waals surface area contributed by atoms with Gasteiger partial charge in [-0.3, -0.25) is 14.2 Å². The van der Waals surface area contributed by atoms with Crippen molar-refractivity contribution in [2.24, 2.45) is 0 Å². The number of nitrogens with zero attached hydrogens (tertiary/aromatic N) is 4. The van der Waals surface area contributed by atoms with Crippen LogP contribution in [-0.2, 0) is 13.1 Å². The van der Waals surface area contributed by atoms with Crippen molar-refractivity contribution < 1.29 is 4.79 Å². The summed E-state index contributed by atoms with van der Waals surface area (Å²) >= 11 is 3.38. The smallest absolute Gasteiger partial charge is 0.255 e. The standard InChI is InChI=1S/C17H18BrN5O/c1-3-23-12(2)16(9-20-23)21-17(24)14-6-4-5-13(7-14)10-22-11-15(18)8-19-22/h4-9,11H,3,10H2,1-2H3,(H,21,24). The van der Waals surface area contributed by atoms with Crippen LogP contribution in [0.5, 0.6) is 0 Å². The van der Waals surface area contributed by atoms with E-state index in [0.717, 1.165) is 28.0 Å². The summed E-state index contributed by atoms with van der Waals surface area (Å²) in [5, 5.41) is 11.4. The molecular weight excluding hydrogens is 370 g/mol. The third-order valence-electron chi connectivity index (χ3n) is 3.79. The average molecular weight is 388 g/mol. The molecule has 1 aromatic carbocycles. The van der Waals surface area contributed by atoms with Crippen LogP contribution in [0.4, 0.5) is 5.69 Å². The van der Waals surface area contributed by atoms with Gasteiger partial charge in [0.25, 0.3) is 5.91 Å². The van der Waals surface area contributed by atoms with Gasteiger partial charge in [-0.15, -0.1) is 0 Å². The second-order valence-corrected chi connectivity index (χ2v) is 6.39. The zero-order valence-electron chi connectivity index (χ0n) is 13.5. The first-order valence-corrected chi connectivity index (χ1v) is 8.46. The largest absolute Gasteiger partial charge is 0.319 e. The first-order chi connectivity index (χ1) is 11.6. The van der Waals surface area contributed by atoms with Gasteiger partial charge in [-0.05, 0) is 47.5 Å². The molecule has 0 atom stereocenters. The molecule has 2 aromatic heterocycles. The number of aryl methyl sites for hydroxylation is 1. The van der Waals surface area contributed by atoms with Gasteiger partial charge in [0.05, 0.1) is 34.8 Å². The molecule has 2 heterocycles. The van der Waals surface area contributed by atoms with Crippen molar-refractivity contribution in [1.29, 1.82) is 0 Å². The van der Waals surface area contributed by atoms with Crippen LogP contribution in [0.1, 0.15) is 28.5 Å². The Morgan fingerprint density at radius 1 is 1.29 bits per heavy atom. The first kappa shape index (κ1) is 16.4. The maximum Gasteiger partial charge on any atom is 0.255 e. The molecule has 3 rings (SSSR count). The summed E-state index contributed by atoms with van der Waals surface area (Å²) in [6.45, 7) is 5.34. The van der Waals surface area contributed by atoms with Crippen LogP contribution in [0, 0.1) is 6.92 Å². The molecule has 6 nitrogen and oxygen atoms in total. The summed E-state index contributed by atoms with van der Waals surface area (Å²) < 4.78 is 4.60. The Balaban J connectivity index is 1.75. The molecule has 124 valence electrons. The molecule has 0 saturated heterocycles. The van der Waals surface area contributed by atoms with E-state index in [0.29, 0.717) is 12.1 Å². The maximum absolute atomic E-state index is 12.5. The first-order valence-electron chi connectivity index (χ1n) is 7.67. The number of carbonyl (C=O) groups excluding carboxylic acids is 1. The Bertz CT molecular complexity index is 868. The molecule has 1 amide bonds. The van der Waals surface area contributed by atoms with Crippen LogP contribution < -0.4 is 5.32 Å². The molecular formula is C17H18BrN5O. The molecule has 0 aliphatic carbocycles. The van der Waals surface area contributed by atoms with E-state index in [1.807, 2.05) is 47.6 Å². The number of carbonyl (C=O) groups is 1. The van der Waals surface area contributed by atoms with E-state index in [4.69, 9.17) is 0 Å². The Labute approximate surface area is 148 Å². The highest BCUT2D eigenvalue weighted by Gasteiger charge is 2.11. The van der Waals surface area contributed by atoms with Gasteiger partial charge in [-0.1, -0.05) is 12.1 Å². The number of hydrogen-bond donors (Lipinski definition) is 1. The number of aromatic nitrogens is 4. The quantitative estimate of drug-likeness (QED) is 0.728. The second kappa shape index (κ2) is 7.00. The van der Waals surface area contributed by atoms with E-state index in [2.05, 4.69) is 31.4 Å². The fourth-order valence-corrected chi connectivity index (χ4v) is 2.83. The molecule has 0 unspecified atom stereocenters. The number of anilines is 1. The summed E-state index contributed by atoms with van der Waals surface area (Å²) in [5.41, 5.74) is 3.31. The minimum Gasteiger partial charge on any atom is -0.319 e. The van der Waals surface area contributed by atoms with E-state index in [-0.39, 0.29) is 5.91 Å². The third kappa shape index (κ3) is 3.56. The number of halogens is 1. The van der Waals surface area contributed by atoms with Gasteiger partial charge in [0.2, 0.25) is 0 Å². The lowest BCUT2D eigenvalue weighted by Crippen LogP contribution is -2.13. The number of nitrogens with one attached hydrogen (secondary N) is 1. The minimum absolute atomic E-state index is 0.141. The van der Waals surface area contributed by atoms with Gasteiger partial charge in [-0.25, -0.2) is 0 Å². The van der Waals surface area contributed by atoms with Gasteiger partial charge in [0, 0.05) is 18.3 Å². The summed E-state index contributed by atoms with van der Waals surface area (Å²) in [6, 6.07) is 7.54. The lowest BCUT2D eigenvalue weighted by Gasteiger charge is -2.07. The molecule has 1 N–H and O–H groups in total. The summed E-state index contributed by atoms with van der Waals surface area (Å²) in [7, 11) is 0. The van der Waals surface area contributed by atoms with Crippen molar-refractivity contribution in [1.82, 2.24) is 19.6 Å². The number of rotatable bonds is 5. The van der Waals surface area contributed by atoms with E-state index in [1.165, 1.54) is 0 Å². The summed E-state index contributed by atoms with van der Waals surface area (Å²) in [4.78, 5) is 12.5. The number of amides is 1. The van der Waals surface area contributed by atoms with Gasteiger partial charge >= 0.3 is 0 Å². The Morgan fingerprint density at radius 3 is 2.79 bits per heavy atom. The number of hydrogen-bond acceptors (Lipinski definition) is 3. The van der Waals surface area contributed by atoms with Crippen molar-refractivity contribution >= 4 is 27.5 Å². The second-order valence-electron chi connectivity index (χ2n) is 5.47. The summed E-state index contributed by atoms with van der Waals surface area (Å²) in [6.07, 6.45) is 5.32. The van der Waals surface area contributed by atoms with Gasteiger partial charge in [0.15, 0.2) is 0 Å². The Morgan fingerprint density at radius 2 is 2.12 bits per heavy atom.